The van der Waals surface area contributed by atoms with Crippen molar-refractivity contribution >= 4 is 29.4 Å². The predicted octanol–water partition coefficient (Wildman–Crippen LogP) is 5.28. The van der Waals surface area contributed by atoms with Crippen LogP contribution in [0.2, 0.25) is 0 Å². The van der Waals surface area contributed by atoms with E-state index in [1.165, 1.54) is 5.01 Å². The van der Waals surface area contributed by atoms with Gasteiger partial charge in [-0.1, -0.05) is 81.0 Å². The number of benzene rings is 2. The maximum absolute atomic E-state index is 13.4. The lowest BCUT2D eigenvalue weighted by Gasteiger charge is -2.27. The molecule has 2 aliphatic rings. The number of aryl methyl sites for hydroxylation is 1. The normalized spacial score (nSPS) is 18.2. The third-order valence-corrected chi connectivity index (χ3v) is 7.14. The molecule has 4 rings (SSSR count). The summed E-state index contributed by atoms with van der Waals surface area (Å²) < 4.78 is 5.60. The second kappa shape index (κ2) is 13.0. The third-order valence-electron chi connectivity index (χ3n) is 7.14. The van der Waals surface area contributed by atoms with Crippen LogP contribution in [0.25, 0.3) is 0 Å². The summed E-state index contributed by atoms with van der Waals surface area (Å²) in [5.41, 5.74) is 3.31. The van der Waals surface area contributed by atoms with E-state index < -0.39 is 5.97 Å². The first-order valence-electron chi connectivity index (χ1n) is 13.4. The molecule has 1 heterocycles. The van der Waals surface area contributed by atoms with Gasteiger partial charge in [0.05, 0.1) is 18.4 Å². The lowest BCUT2D eigenvalue weighted by molar-refractivity contribution is -0.137. The van der Waals surface area contributed by atoms with Crippen molar-refractivity contribution in [2.45, 2.75) is 52.0 Å². The topological polar surface area (TPSA) is 108 Å². The number of hydrogen-bond acceptors (Lipinski definition) is 5. The first-order chi connectivity index (χ1) is 18.8. The van der Waals surface area contributed by atoms with Gasteiger partial charge in [-0.2, -0.15) is 0 Å². The van der Waals surface area contributed by atoms with Crippen LogP contribution >= 0.6 is 0 Å². The molecule has 2 N–H and O–H groups in total. The third kappa shape index (κ3) is 7.44. The molecule has 0 bridgehead atoms. The van der Waals surface area contributed by atoms with Crippen LogP contribution in [0.1, 0.15) is 55.7 Å². The molecule has 0 aromatic heterocycles. The summed E-state index contributed by atoms with van der Waals surface area (Å²) >= 11 is 0. The van der Waals surface area contributed by atoms with Gasteiger partial charge in [0.25, 0.3) is 5.91 Å². The molecule has 0 fully saturated rings. The number of aliphatic carboxylic acids is 1. The van der Waals surface area contributed by atoms with E-state index >= 15 is 0 Å². The standard InChI is InChI=1S/C31H35N3O5/c1-3-21(2)29(30(38)32-26-11-7-8-22(18-26)14-17-28(36)37)24-15-12-23(13-16-24)19-34-27(35)20-39-31(33-34)25-9-5-4-6-10-25/h4-9,11-13,15-16,18,21,25,29H,3,10,14,17,19-20H2,1-2H3,(H,32,38)(H,36,37). The number of carboxylic acids is 1. The van der Waals surface area contributed by atoms with Crippen LogP contribution in [0.4, 0.5) is 5.69 Å². The number of hydrazone groups is 1. The van der Waals surface area contributed by atoms with Crippen LogP contribution < -0.4 is 5.32 Å². The Balaban J connectivity index is 1.46. The molecule has 0 saturated heterocycles. The van der Waals surface area contributed by atoms with Crippen LogP contribution in [0, 0.1) is 11.8 Å². The van der Waals surface area contributed by atoms with E-state index in [4.69, 9.17) is 9.84 Å². The summed E-state index contributed by atoms with van der Waals surface area (Å²) in [6.45, 7) is 4.40. The minimum Gasteiger partial charge on any atom is -0.481 e. The molecular weight excluding hydrogens is 494 g/mol. The van der Waals surface area contributed by atoms with E-state index in [0.29, 0.717) is 24.6 Å². The van der Waals surface area contributed by atoms with E-state index in [9.17, 15) is 14.4 Å². The summed E-state index contributed by atoms with van der Waals surface area (Å²) in [7, 11) is 0. The number of amides is 2. The number of nitrogens with zero attached hydrogens (tertiary/aromatic N) is 2. The Morgan fingerprint density at radius 1 is 1.15 bits per heavy atom. The van der Waals surface area contributed by atoms with Crippen molar-refractivity contribution < 1.29 is 24.2 Å². The molecule has 8 heteroatoms. The molecule has 0 spiro atoms. The summed E-state index contributed by atoms with van der Waals surface area (Å²) in [5.74, 6) is -0.855. The van der Waals surface area contributed by atoms with Gasteiger partial charge in [-0.3, -0.25) is 14.4 Å². The summed E-state index contributed by atoms with van der Waals surface area (Å²) in [5, 5.41) is 17.9. The van der Waals surface area contributed by atoms with Crippen molar-refractivity contribution in [3.05, 3.63) is 89.5 Å². The lowest BCUT2D eigenvalue weighted by Crippen LogP contribution is -2.38. The molecular formula is C31H35N3O5. The molecule has 204 valence electrons. The molecule has 2 aromatic rings. The Hall–Kier alpha value is -4.20. The monoisotopic (exact) mass is 529 g/mol. The Kier molecular flexibility index (Phi) is 9.31. The van der Waals surface area contributed by atoms with E-state index in [2.05, 4.69) is 30.3 Å². The molecule has 2 amide bonds. The van der Waals surface area contributed by atoms with Gasteiger partial charge >= 0.3 is 5.97 Å². The largest absolute Gasteiger partial charge is 0.481 e. The molecule has 0 saturated carbocycles. The van der Waals surface area contributed by atoms with Gasteiger partial charge < -0.3 is 15.2 Å². The number of carbonyl (C=O) groups is 3. The fourth-order valence-corrected chi connectivity index (χ4v) is 4.74. The fraction of sp³-hybridized carbons (Fsp3) is 0.355. The number of carbonyl (C=O) groups excluding carboxylic acids is 2. The average Bonchev–Trinajstić information content (AvgIpc) is 2.94. The average molecular weight is 530 g/mol. The Bertz CT molecular complexity index is 1280. The van der Waals surface area contributed by atoms with Crippen LogP contribution in [0.15, 0.2) is 77.9 Å². The smallest absolute Gasteiger partial charge is 0.303 e. The van der Waals surface area contributed by atoms with E-state index in [-0.39, 0.29) is 42.6 Å². The van der Waals surface area contributed by atoms with Gasteiger partial charge in [-0.05, 0) is 47.6 Å². The zero-order valence-corrected chi connectivity index (χ0v) is 22.4. The van der Waals surface area contributed by atoms with Gasteiger partial charge in [-0.15, -0.1) is 5.10 Å². The zero-order valence-electron chi connectivity index (χ0n) is 22.4. The molecule has 0 radical (unpaired) electrons. The molecule has 8 nitrogen and oxygen atoms in total. The number of ether oxygens (including phenoxy) is 1. The van der Waals surface area contributed by atoms with Crippen LogP contribution in [0.5, 0.6) is 0 Å². The van der Waals surface area contributed by atoms with Gasteiger partial charge in [-0.25, -0.2) is 5.01 Å². The number of rotatable bonds is 11. The minimum absolute atomic E-state index is 0.0284. The second-order valence-electron chi connectivity index (χ2n) is 10.0. The Morgan fingerprint density at radius 3 is 2.64 bits per heavy atom. The predicted molar refractivity (Wildman–Crippen MR) is 150 cm³/mol. The molecule has 3 atom stereocenters. The Labute approximate surface area is 229 Å². The van der Waals surface area contributed by atoms with Gasteiger partial charge in [0.2, 0.25) is 11.8 Å². The van der Waals surface area contributed by atoms with Crippen molar-refractivity contribution in [3.8, 4) is 0 Å². The van der Waals surface area contributed by atoms with Gasteiger partial charge in [0, 0.05) is 12.1 Å². The highest BCUT2D eigenvalue weighted by atomic mass is 16.5. The molecule has 3 unspecified atom stereocenters. The van der Waals surface area contributed by atoms with E-state index in [0.717, 1.165) is 29.5 Å². The van der Waals surface area contributed by atoms with Crippen LogP contribution in [-0.2, 0) is 32.1 Å². The number of anilines is 1. The quantitative estimate of drug-likeness (QED) is 0.412. The first-order valence-corrected chi connectivity index (χ1v) is 13.4. The summed E-state index contributed by atoms with van der Waals surface area (Å²) in [4.78, 5) is 36.8. The maximum atomic E-state index is 13.4. The second-order valence-corrected chi connectivity index (χ2v) is 10.0. The van der Waals surface area contributed by atoms with Crippen molar-refractivity contribution in [3.63, 3.8) is 0 Å². The number of nitrogens with one attached hydrogen (secondary N) is 1. The summed E-state index contributed by atoms with van der Waals surface area (Å²) in [6, 6.07) is 15.1. The van der Waals surface area contributed by atoms with Crippen molar-refractivity contribution in [2.24, 2.45) is 16.9 Å². The van der Waals surface area contributed by atoms with Crippen molar-refractivity contribution in [1.82, 2.24) is 5.01 Å². The van der Waals surface area contributed by atoms with E-state index in [1.54, 1.807) is 0 Å². The highest BCUT2D eigenvalue weighted by Gasteiger charge is 2.28. The molecule has 2 aromatic carbocycles. The molecule has 39 heavy (non-hydrogen) atoms. The van der Waals surface area contributed by atoms with Crippen molar-refractivity contribution in [2.75, 3.05) is 11.9 Å². The minimum atomic E-state index is -0.853. The van der Waals surface area contributed by atoms with Gasteiger partial charge in [0.1, 0.15) is 0 Å². The van der Waals surface area contributed by atoms with Gasteiger partial charge in [0.15, 0.2) is 6.61 Å². The fourth-order valence-electron chi connectivity index (χ4n) is 4.74. The molecule has 1 aliphatic carbocycles. The number of allylic oxidation sites excluding steroid dienone is 3. The highest BCUT2D eigenvalue weighted by Crippen LogP contribution is 2.29. The first kappa shape index (κ1) is 27.8. The van der Waals surface area contributed by atoms with Crippen LogP contribution in [0.3, 0.4) is 0 Å². The van der Waals surface area contributed by atoms with E-state index in [1.807, 2.05) is 66.8 Å². The van der Waals surface area contributed by atoms with Crippen molar-refractivity contribution in [1.29, 1.82) is 0 Å². The maximum Gasteiger partial charge on any atom is 0.303 e. The van der Waals surface area contributed by atoms with Crippen LogP contribution in [-0.4, -0.2) is 40.4 Å². The lowest BCUT2D eigenvalue weighted by atomic mass is 9.84. The zero-order chi connectivity index (χ0) is 27.8. The molecule has 1 aliphatic heterocycles. The summed E-state index contributed by atoms with van der Waals surface area (Å²) in [6.07, 6.45) is 10.1. The highest BCUT2D eigenvalue weighted by molar-refractivity contribution is 5.96. The number of carboxylic acid groups (broad SMARTS) is 1. The SMILES string of the molecule is CCC(C)C(C(=O)Nc1cccc(CCC(=O)O)c1)c1ccc(CN2N=C(C3C=CC=CC3)OCC2=O)cc1. The number of hydrogen-bond donors (Lipinski definition) is 2. The Morgan fingerprint density at radius 2 is 1.95 bits per heavy atom.